The molecule has 1 amide bonds. The molecule has 5 heteroatoms. The molecule has 0 unspecified atom stereocenters. The number of quaternary nitrogens is 1. The third-order valence-electron chi connectivity index (χ3n) is 5.31. The number of hydrogen-bond donors (Lipinski definition) is 1. The van der Waals surface area contributed by atoms with Crippen molar-refractivity contribution in [3.05, 3.63) is 58.7 Å². The van der Waals surface area contributed by atoms with Crippen molar-refractivity contribution < 1.29 is 9.69 Å². The average molecular weight is 397 g/mol. The number of rotatable bonds is 7. The van der Waals surface area contributed by atoms with Gasteiger partial charge in [0.05, 0.1) is 36.4 Å². The van der Waals surface area contributed by atoms with E-state index in [1.165, 1.54) is 16.0 Å². The smallest absolute Gasteiger partial charge is 0.260 e. The molecule has 4 nitrogen and oxygen atoms in total. The molecular formula is C23H30N3OS+. The van der Waals surface area contributed by atoms with Crippen molar-refractivity contribution in [3.63, 3.8) is 0 Å². The van der Waals surface area contributed by atoms with Crippen molar-refractivity contribution >= 4 is 32.6 Å². The van der Waals surface area contributed by atoms with Crippen LogP contribution in [0.2, 0.25) is 0 Å². The average Bonchev–Trinajstić information content (AvgIpc) is 3.07. The van der Waals surface area contributed by atoms with Gasteiger partial charge in [0.25, 0.3) is 5.91 Å². The van der Waals surface area contributed by atoms with Gasteiger partial charge in [0.15, 0.2) is 5.13 Å². The van der Waals surface area contributed by atoms with Gasteiger partial charge in [-0.1, -0.05) is 35.1 Å². The Bertz CT molecular complexity index is 975. The molecule has 0 spiro atoms. The van der Waals surface area contributed by atoms with Gasteiger partial charge in [0, 0.05) is 5.56 Å². The van der Waals surface area contributed by atoms with Crippen LogP contribution >= 0.6 is 11.3 Å². The van der Waals surface area contributed by atoms with Gasteiger partial charge in [-0.15, -0.1) is 0 Å². The molecule has 148 valence electrons. The number of carbonyl (C=O) groups is 1. The Balaban J connectivity index is 1.98. The number of benzene rings is 2. The normalized spacial score (nSPS) is 11.4. The molecule has 1 heterocycles. The molecule has 0 aliphatic rings. The molecule has 0 aliphatic heterocycles. The van der Waals surface area contributed by atoms with E-state index >= 15 is 0 Å². The first kappa shape index (κ1) is 20.5. The van der Waals surface area contributed by atoms with Crippen LogP contribution in [0.1, 0.15) is 40.9 Å². The standard InChI is InChI=1S/C23H29N3OS/c1-6-25(7-2)12-13-26(22(27)19-10-8-16(3)14-18(19)5)23-24-20-11-9-17(4)15-21(20)28-23/h8-11,14-15H,6-7,12-13H2,1-5H3/p+1. The Hall–Kier alpha value is -2.24. The molecule has 0 radical (unpaired) electrons. The minimum atomic E-state index is 0.0415. The van der Waals surface area contributed by atoms with Gasteiger partial charge in [-0.05, 0) is 63.9 Å². The number of nitrogens with one attached hydrogen (secondary N) is 1. The summed E-state index contributed by atoms with van der Waals surface area (Å²) in [4.78, 5) is 21.6. The maximum absolute atomic E-state index is 13.5. The van der Waals surface area contributed by atoms with Crippen molar-refractivity contribution in [1.82, 2.24) is 4.98 Å². The summed E-state index contributed by atoms with van der Waals surface area (Å²) in [6, 6.07) is 12.3. The topological polar surface area (TPSA) is 37.6 Å². The van der Waals surface area contributed by atoms with Crippen LogP contribution in [0.3, 0.4) is 0 Å². The summed E-state index contributed by atoms with van der Waals surface area (Å²) in [6.45, 7) is 14.2. The number of thiazole rings is 1. The molecule has 1 aromatic heterocycles. The lowest BCUT2D eigenvalue weighted by molar-refractivity contribution is -0.894. The minimum Gasteiger partial charge on any atom is -0.334 e. The quantitative estimate of drug-likeness (QED) is 0.660. The van der Waals surface area contributed by atoms with E-state index in [1.807, 2.05) is 30.0 Å². The fraction of sp³-hybridized carbons (Fsp3) is 0.391. The van der Waals surface area contributed by atoms with E-state index in [2.05, 4.69) is 45.9 Å². The van der Waals surface area contributed by atoms with Gasteiger partial charge in [0.2, 0.25) is 0 Å². The largest absolute Gasteiger partial charge is 0.334 e. The number of anilines is 1. The second-order valence-corrected chi connectivity index (χ2v) is 8.46. The van der Waals surface area contributed by atoms with Gasteiger partial charge in [-0.3, -0.25) is 9.69 Å². The molecular weight excluding hydrogens is 366 g/mol. The van der Waals surface area contributed by atoms with Crippen molar-refractivity contribution in [3.8, 4) is 0 Å². The summed E-state index contributed by atoms with van der Waals surface area (Å²) in [5.74, 6) is 0.0415. The Morgan fingerprint density at radius 2 is 1.71 bits per heavy atom. The van der Waals surface area contributed by atoms with Crippen LogP contribution in [0, 0.1) is 20.8 Å². The number of likely N-dealkylation sites (N-methyl/N-ethyl adjacent to an activating group) is 1. The summed E-state index contributed by atoms with van der Waals surface area (Å²) in [5.41, 5.74) is 5.11. The lowest BCUT2D eigenvalue weighted by atomic mass is 10.0. The van der Waals surface area contributed by atoms with Crippen LogP contribution in [0.25, 0.3) is 10.2 Å². The lowest BCUT2D eigenvalue weighted by Crippen LogP contribution is -3.12. The maximum atomic E-state index is 13.5. The first-order valence-corrected chi connectivity index (χ1v) is 10.8. The van der Waals surface area contributed by atoms with Crippen molar-refractivity contribution in [1.29, 1.82) is 0 Å². The molecule has 0 fully saturated rings. The molecule has 0 bridgehead atoms. The number of carbonyl (C=O) groups excluding carboxylic acids is 1. The van der Waals surface area contributed by atoms with Crippen molar-refractivity contribution in [2.45, 2.75) is 34.6 Å². The van der Waals surface area contributed by atoms with Crippen LogP contribution in [-0.4, -0.2) is 37.1 Å². The van der Waals surface area contributed by atoms with Crippen molar-refractivity contribution in [2.75, 3.05) is 31.1 Å². The van der Waals surface area contributed by atoms with E-state index < -0.39 is 0 Å². The first-order chi connectivity index (χ1) is 13.4. The molecule has 3 rings (SSSR count). The number of hydrogen-bond acceptors (Lipinski definition) is 3. The molecule has 28 heavy (non-hydrogen) atoms. The number of aryl methyl sites for hydroxylation is 3. The molecule has 2 aromatic carbocycles. The fourth-order valence-electron chi connectivity index (χ4n) is 3.49. The van der Waals surface area contributed by atoms with Gasteiger partial charge in [0.1, 0.15) is 0 Å². The van der Waals surface area contributed by atoms with Crippen molar-refractivity contribution in [2.24, 2.45) is 0 Å². The van der Waals surface area contributed by atoms with E-state index in [0.717, 1.165) is 46.1 Å². The van der Waals surface area contributed by atoms with E-state index in [0.29, 0.717) is 6.54 Å². The van der Waals surface area contributed by atoms with E-state index in [4.69, 9.17) is 4.98 Å². The highest BCUT2D eigenvalue weighted by molar-refractivity contribution is 7.22. The summed E-state index contributed by atoms with van der Waals surface area (Å²) < 4.78 is 1.13. The predicted octanol–water partition coefficient (Wildman–Crippen LogP) is 3.79. The third kappa shape index (κ3) is 4.42. The van der Waals surface area contributed by atoms with E-state index in [1.54, 1.807) is 11.3 Å². The molecule has 0 atom stereocenters. The van der Waals surface area contributed by atoms with Crippen LogP contribution in [0.4, 0.5) is 5.13 Å². The number of nitrogens with zero attached hydrogens (tertiary/aromatic N) is 2. The minimum absolute atomic E-state index is 0.0415. The molecule has 0 aliphatic carbocycles. The highest BCUT2D eigenvalue weighted by atomic mass is 32.1. The second-order valence-electron chi connectivity index (χ2n) is 7.45. The third-order valence-corrected chi connectivity index (χ3v) is 6.35. The number of fused-ring (bicyclic) bond motifs is 1. The fourth-order valence-corrected chi connectivity index (χ4v) is 4.58. The maximum Gasteiger partial charge on any atom is 0.260 e. The predicted molar refractivity (Wildman–Crippen MR) is 119 cm³/mol. The SMILES string of the molecule is CC[NH+](CC)CCN(C(=O)c1ccc(C)cc1C)c1nc2ccc(C)cc2s1. The Kier molecular flexibility index (Phi) is 6.47. The zero-order chi connectivity index (χ0) is 20.3. The van der Waals surface area contributed by atoms with E-state index in [-0.39, 0.29) is 5.91 Å². The molecule has 1 N–H and O–H groups in total. The summed E-state index contributed by atoms with van der Waals surface area (Å²) in [7, 11) is 0. The van der Waals surface area contributed by atoms with Crippen LogP contribution in [0.5, 0.6) is 0 Å². The van der Waals surface area contributed by atoms with Crippen LogP contribution in [-0.2, 0) is 0 Å². The zero-order valence-corrected chi connectivity index (χ0v) is 18.3. The first-order valence-electron chi connectivity index (χ1n) is 10.0. The Labute approximate surface area is 171 Å². The van der Waals surface area contributed by atoms with Gasteiger partial charge in [-0.2, -0.15) is 0 Å². The van der Waals surface area contributed by atoms with Gasteiger partial charge < -0.3 is 4.90 Å². The summed E-state index contributed by atoms with van der Waals surface area (Å²) in [5, 5.41) is 0.789. The summed E-state index contributed by atoms with van der Waals surface area (Å²) in [6.07, 6.45) is 0. The monoisotopic (exact) mass is 396 g/mol. The second kappa shape index (κ2) is 8.84. The lowest BCUT2D eigenvalue weighted by Gasteiger charge is -2.23. The summed E-state index contributed by atoms with van der Waals surface area (Å²) >= 11 is 1.60. The zero-order valence-electron chi connectivity index (χ0n) is 17.5. The van der Waals surface area contributed by atoms with Crippen LogP contribution < -0.4 is 9.80 Å². The Morgan fingerprint density at radius 3 is 2.39 bits per heavy atom. The molecule has 3 aromatic rings. The Morgan fingerprint density at radius 1 is 1.04 bits per heavy atom. The van der Waals surface area contributed by atoms with Gasteiger partial charge in [-0.25, -0.2) is 4.98 Å². The van der Waals surface area contributed by atoms with Gasteiger partial charge >= 0.3 is 0 Å². The number of aromatic nitrogens is 1. The number of amides is 1. The highest BCUT2D eigenvalue weighted by Crippen LogP contribution is 2.30. The van der Waals surface area contributed by atoms with Crippen LogP contribution in [0.15, 0.2) is 36.4 Å². The van der Waals surface area contributed by atoms with E-state index in [9.17, 15) is 4.79 Å². The highest BCUT2D eigenvalue weighted by Gasteiger charge is 2.24. The molecule has 0 saturated heterocycles. The molecule has 0 saturated carbocycles.